The molecular weight excluding hydrogens is 102 g/mol. The van der Waals surface area contributed by atoms with E-state index in [1.165, 1.54) is 0 Å². The summed E-state index contributed by atoms with van der Waals surface area (Å²) in [5, 5.41) is 3.08. The highest BCUT2D eigenvalue weighted by Gasteiger charge is 1.99. The molecule has 0 fully saturated rings. The van der Waals surface area contributed by atoms with Gasteiger partial charge < -0.3 is 4.84 Å². The molecule has 47 valence electrons. The molecule has 0 spiro atoms. The third-order valence-corrected chi connectivity index (χ3v) is 1.12. The molecule has 0 unspecified atom stereocenters. The van der Waals surface area contributed by atoms with Gasteiger partial charge >= 0.3 is 0 Å². The first-order valence-corrected chi connectivity index (χ1v) is 2.91. The van der Waals surface area contributed by atoms with Gasteiger partial charge in [-0.2, -0.15) is 0 Å². The van der Waals surface area contributed by atoms with Gasteiger partial charge in [0.15, 0.2) is 0 Å². The number of hydrogen-bond donors (Lipinski definition) is 0. The summed E-state index contributed by atoms with van der Waals surface area (Å²) >= 11 is 0. The van der Waals surface area contributed by atoms with E-state index in [1.54, 1.807) is 0 Å². The van der Waals surface area contributed by atoms with Gasteiger partial charge in [-0.15, -0.1) is 0 Å². The average Bonchev–Trinajstić information content (AvgIpc) is 1.83. The molecule has 0 amide bonds. The lowest BCUT2D eigenvalue weighted by molar-refractivity contribution is 0.0558. The van der Waals surface area contributed by atoms with Gasteiger partial charge in [0.1, 0.15) is 6.10 Å². The first-order valence-electron chi connectivity index (χ1n) is 2.91. The fourth-order valence-electron chi connectivity index (χ4n) is 0.524. The molecule has 1 radical (unpaired) electrons. The van der Waals surface area contributed by atoms with Gasteiger partial charge in [0.2, 0.25) is 0 Å². The number of rotatable bonds is 4. The maximum absolute atomic E-state index is 4.78. The normalized spacial score (nSPS) is 9.38. The molecule has 0 N–H and O–H groups in total. The Bertz CT molecular complexity index is 59.5. The Kier molecular flexibility index (Phi) is 4.32. The highest BCUT2D eigenvalue weighted by molar-refractivity contribution is 5.21. The molecule has 0 aliphatic rings. The van der Waals surface area contributed by atoms with Crippen molar-refractivity contribution in [3.63, 3.8) is 0 Å². The highest BCUT2D eigenvalue weighted by atomic mass is 16.6. The smallest absolute Gasteiger partial charge is 0.127 e. The second-order valence-electron chi connectivity index (χ2n) is 1.65. The first kappa shape index (κ1) is 7.47. The summed E-state index contributed by atoms with van der Waals surface area (Å²) in [7, 11) is 0. The summed E-state index contributed by atoms with van der Waals surface area (Å²) in [5.74, 6) is 0. The Hall–Kier alpha value is -0.530. The minimum atomic E-state index is 0.208. The van der Waals surface area contributed by atoms with Gasteiger partial charge in [-0.3, -0.25) is 0 Å². The fourth-order valence-corrected chi connectivity index (χ4v) is 0.524. The van der Waals surface area contributed by atoms with Crippen LogP contribution in [0.3, 0.4) is 0 Å². The molecule has 0 bridgehead atoms. The van der Waals surface area contributed by atoms with Gasteiger partial charge in [-0.05, 0) is 12.8 Å². The van der Waals surface area contributed by atoms with E-state index in [1.807, 2.05) is 13.8 Å². The second kappa shape index (κ2) is 4.62. The van der Waals surface area contributed by atoms with E-state index in [0.29, 0.717) is 0 Å². The minimum absolute atomic E-state index is 0.208. The Labute approximate surface area is 50.5 Å². The zero-order valence-corrected chi connectivity index (χ0v) is 5.42. The Balaban J connectivity index is 3.20. The largest absolute Gasteiger partial charge is 0.392 e. The monoisotopic (exact) mass is 114 g/mol. The third-order valence-electron chi connectivity index (χ3n) is 1.12. The molecule has 0 rings (SSSR count). The van der Waals surface area contributed by atoms with Crippen molar-refractivity contribution < 1.29 is 4.84 Å². The van der Waals surface area contributed by atoms with Crippen molar-refractivity contribution in [2.75, 3.05) is 0 Å². The fraction of sp³-hybridized carbons (Fsp3) is 0.833. The van der Waals surface area contributed by atoms with Crippen molar-refractivity contribution in [3.8, 4) is 0 Å². The molecule has 0 atom stereocenters. The third kappa shape index (κ3) is 2.61. The van der Waals surface area contributed by atoms with Crippen LogP contribution in [0.4, 0.5) is 0 Å². The van der Waals surface area contributed by atoms with Crippen molar-refractivity contribution in [2.45, 2.75) is 32.8 Å². The van der Waals surface area contributed by atoms with Crippen molar-refractivity contribution in [1.82, 2.24) is 0 Å². The van der Waals surface area contributed by atoms with E-state index in [4.69, 9.17) is 11.6 Å². The predicted molar refractivity (Wildman–Crippen MR) is 33.9 cm³/mol. The topological polar surface area (TPSA) is 21.6 Å². The maximum atomic E-state index is 4.78. The quantitative estimate of drug-likeness (QED) is 0.402. The molecule has 0 aliphatic heterocycles. The van der Waals surface area contributed by atoms with E-state index in [0.717, 1.165) is 12.8 Å². The molecule has 2 nitrogen and oxygen atoms in total. The lowest BCUT2D eigenvalue weighted by atomic mass is 10.2. The summed E-state index contributed by atoms with van der Waals surface area (Å²) in [6.07, 6.45) is 2.15. The van der Waals surface area contributed by atoms with E-state index < -0.39 is 0 Å². The van der Waals surface area contributed by atoms with Gasteiger partial charge in [-0.25, -0.2) is 0 Å². The Morgan fingerprint density at radius 2 is 2.00 bits per heavy atom. The molecular formula is C6H12NO. The summed E-state index contributed by atoms with van der Waals surface area (Å²) in [5.41, 5.74) is 0. The summed E-state index contributed by atoms with van der Waals surface area (Å²) in [4.78, 5) is 4.74. The number of nitrogens with zero attached hydrogens (tertiary/aromatic N) is 1. The minimum Gasteiger partial charge on any atom is -0.392 e. The van der Waals surface area contributed by atoms with Crippen LogP contribution >= 0.6 is 0 Å². The van der Waals surface area contributed by atoms with Crippen LogP contribution in [-0.2, 0) is 4.84 Å². The highest BCUT2D eigenvalue weighted by Crippen LogP contribution is 2.01. The molecule has 2 heteroatoms. The van der Waals surface area contributed by atoms with Crippen LogP contribution in [0.2, 0.25) is 0 Å². The Morgan fingerprint density at radius 3 is 2.12 bits per heavy atom. The summed E-state index contributed by atoms with van der Waals surface area (Å²) in [6.45, 7) is 8.87. The molecule has 0 saturated carbocycles. The van der Waals surface area contributed by atoms with E-state index >= 15 is 0 Å². The SMILES string of the molecule is [CH]=NOC(CC)CC. The Morgan fingerprint density at radius 1 is 1.50 bits per heavy atom. The predicted octanol–water partition coefficient (Wildman–Crippen LogP) is 1.68. The van der Waals surface area contributed by atoms with Gasteiger partial charge in [0.05, 0.1) is 6.72 Å². The van der Waals surface area contributed by atoms with E-state index in [-0.39, 0.29) is 6.10 Å². The average molecular weight is 114 g/mol. The van der Waals surface area contributed by atoms with Crippen LogP contribution in [0.1, 0.15) is 26.7 Å². The van der Waals surface area contributed by atoms with Crippen LogP contribution in [-0.4, -0.2) is 12.8 Å². The molecule has 0 heterocycles. The lowest BCUT2D eigenvalue weighted by Crippen LogP contribution is -2.04. The maximum Gasteiger partial charge on any atom is 0.127 e. The van der Waals surface area contributed by atoms with Crippen LogP contribution in [0.25, 0.3) is 0 Å². The van der Waals surface area contributed by atoms with E-state index in [2.05, 4.69) is 5.16 Å². The number of hydrogen-bond acceptors (Lipinski definition) is 2. The molecule has 0 aromatic carbocycles. The van der Waals surface area contributed by atoms with Crippen LogP contribution < -0.4 is 0 Å². The molecule has 0 aromatic rings. The first-order chi connectivity index (χ1) is 3.85. The van der Waals surface area contributed by atoms with Gasteiger partial charge in [0, 0.05) is 0 Å². The van der Waals surface area contributed by atoms with Crippen molar-refractivity contribution in [3.05, 3.63) is 0 Å². The van der Waals surface area contributed by atoms with Gasteiger partial charge in [0.25, 0.3) is 0 Å². The summed E-state index contributed by atoms with van der Waals surface area (Å²) < 4.78 is 0. The zero-order chi connectivity index (χ0) is 6.41. The van der Waals surface area contributed by atoms with Crippen molar-refractivity contribution in [2.24, 2.45) is 5.16 Å². The zero-order valence-electron chi connectivity index (χ0n) is 5.42. The lowest BCUT2D eigenvalue weighted by Gasteiger charge is -2.07. The van der Waals surface area contributed by atoms with Crippen molar-refractivity contribution >= 4 is 6.72 Å². The van der Waals surface area contributed by atoms with Crippen LogP contribution in [0.15, 0.2) is 5.16 Å². The van der Waals surface area contributed by atoms with Gasteiger partial charge in [-0.1, -0.05) is 19.0 Å². The molecule has 0 saturated heterocycles. The van der Waals surface area contributed by atoms with Crippen molar-refractivity contribution in [1.29, 1.82) is 0 Å². The van der Waals surface area contributed by atoms with E-state index in [9.17, 15) is 0 Å². The molecule has 8 heavy (non-hydrogen) atoms. The molecule has 0 aromatic heterocycles. The van der Waals surface area contributed by atoms with Crippen LogP contribution in [0, 0.1) is 0 Å². The second-order valence-corrected chi connectivity index (χ2v) is 1.65. The summed E-state index contributed by atoms with van der Waals surface area (Å²) in [6, 6.07) is 0. The molecule has 0 aliphatic carbocycles. The van der Waals surface area contributed by atoms with Crippen LogP contribution in [0.5, 0.6) is 0 Å². The standard InChI is InChI=1S/C6H12NO/c1-4-6(5-2)8-7-3/h3,6H,4-5H2,1-2H3.